The molecule has 0 aliphatic carbocycles. The smallest absolute Gasteiger partial charge is 0.0714 e. The normalized spacial score (nSPS) is 12.4. The van der Waals surface area contributed by atoms with Crippen LogP contribution in [0.5, 0.6) is 0 Å². The number of nitrogens with two attached hydrogens (primary N) is 1. The molecule has 3 nitrogen and oxygen atoms in total. The fourth-order valence-corrected chi connectivity index (χ4v) is 2.36. The van der Waals surface area contributed by atoms with E-state index < -0.39 is 0 Å². The van der Waals surface area contributed by atoms with Crippen LogP contribution in [0.25, 0.3) is 0 Å². The molecule has 0 spiro atoms. The summed E-state index contributed by atoms with van der Waals surface area (Å²) >= 11 is 6.20. The molecule has 0 amide bonds. The summed E-state index contributed by atoms with van der Waals surface area (Å²) < 4.78 is 0. The summed E-state index contributed by atoms with van der Waals surface area (Å²) in [5, 5.41) is 0.754. The molecule has 0 aliphatic rings. The maximum atomic E-state index is 6.20. The highest BCUT2D eigenvalue weighted by molar-refractivity contribution is 6.31. The lowest BCUT2D eigenvalue weighted by Crippen LogP contribution is -2.29. The van der Waals surface area contributed by atoms with Gasteiger partial charge in [-0.25, -0.2) is 5.43 Å². The van der Waals surface area contributed by atoms with Gasteiger partial charge in [-0.15, -0.1) is 0 Å². The first-order chi connectivity index (χ1) is 9.17. The molecule has 3 N–H and O–H groups in total. The zero-order chi connectivity index (χ0) is 13.8. The monoisotopic (exact) mass is 275 g/mol. The van der Waals surface area contributed by atoms with Gasteiger partial charge in [0.2, 0.25) is 0 Å². The van der Waals surface area contributed by atoms with Gasteiger partial charge in [0.05, 0.1) is 6.04 Å². The first-order valence-electron chi connectivity index (χ1n) is 6.32. The van der Waals surface area contributed by atoms with Crippen LogP contribution < -0.4 is 11.3 Å². The van der Waals surface area contributed by atoms with Crippen molar-refractivity contribution in [3.8, 4) is 0 Å². The Hall–Kier alpha value is -1.42. The third kappa shape index (κ3) is 2.95. The number of pyridine rings is 1. The van der Waals surface area contributed by atoms with E-state index in [1.165, 1.54) is 5.56 Å². The molecule has 2 aromatic rings. The third-order valence-electron chi connectivity index (χ3n) is 3.33. The van der Waals surface area contributed by atoms with E-state index in [0.29, 0.717) is 0 Å². The number of halogens is 1. The Morgan fingerprint density at radius 2 is 2.16 bits per heavy atom. The van der Waals surface area contributed by atoms with Crippen molar-refractivity contribution in [2.45, 2.75) is 26.3 Å². The van der Waals surface area contributed by atoms with E-state index in [4.69, 9.17) is 17.4 Å². The molecule has 2 rings (SSSR count). The highest BCUT2D eigenvalue weighted by Gasteiger charge is 2.16. The Bertz CT molecular complexity index is 569. The second-order valence-electron chi connectivity index (χ2n) is 4.54. The van der Waals surface area contributed by atoms with Crippen LogP contribution >= 0.6 is 11.6 Å². The van der Waals surface area contributed by atoms with E-state index >= 15 is 0 Å². The number of hydrogen-bond acceptors (Lipinski definition) is 3. The predicted octanol–water partition coefficient (Wildman–Crippen LogP) is 3.16. The van der Waals surface area contributed by atoms with Crippen LogP contribution in [0.15, 0.2) is 36.7 Å². The molecular weight excluding hydrogens is 258 g/mol. The summed E-state index contributed by atoms with van der Waals surface area (Å²) in [6, 6.07) is 7.94. The van der Waals surface area contributed by atoms with Gasteiger partial charge < -0.3 is 0 Å². The summed E-state index contributed by atoms with van der Waals surface area (Å²) in [4.78, 5) is 4.16. The SMILES string of the molecule is CCc1cnccc1C(NN)c1ccc(C)c(Cl)c1. The number of nitrogens with one attached hydrogen (secondary N) is 1. The molecule has 100 valence electrons. The van der Waals surface area contributed by atoms with Gasteiger partial charge in [-0.3, -0.25) is 10.8 Å². The van der Waals surface area contributed by atoms with Gasteiger partial charge >= 0.3 is 0 Å². The number of aryl methyl sites for hydroxylation is 2. The van der Waals surface area contributed by atoms with Gasteiger partial charge in [0.1, 0.15) is 0 Å². The van der Waals surface area contributed by atoms with E-state index in [9.17, 15) is 0 Å². The van der Waals surface area contributed by atoms with Gasteiger partial charge in [0.15, 0.2) is 0 Å². The maximum absolute atomic E-state index is 6.20. The number of rotatable bonds is 4. The molecule has 0 bridgehead atoms. The van der Waals surface area contributed by atoms with Crippen molar-refractivity contribution >= 4 is 11.6 Å². The van der Waals surface area contributed by atoms with Crippen molar-refractivity contribution in [3.05, 3.63) is 63.9 Å². The van der Waals surface area contributed by atoms with E-state index in [0.717, 1.165) is 28.1 Å². The zero-order valence-electron chi connectivity index (χ0n) is 11.2. The lowest BCUT2D eigenvalue weighted by molar-refractivity contribution is 0.630. The van der Waals surface area contributed by atoms with Gasteiger partial charge in [-0.2, -0.15) is 0 Å². The van der Waals surface area contributed by atoms with Gasteiger partial charge in [-0.05, 0) is 47.7 Å². The molecule has 1 unspecified atom stereocenters. The first kappa shape index (κ1) is 14.0. The van der Waals surface area contributed by atoms with Crippen molar-refractivity contribution in [3.63, 3.8) is 0 Å². The van der Waals surface area contributed by atoms with Gasteiger partial charge in [0.25, 0.3) is 0 Å². The molecule has 1 aromatic carbocycles. The maximum Gasteiger partial charge on any atom is 0.0714 e. The number of aromatic nitrogens is 1. The molecule has 0 aliphatic heterocycles. The lowest BCUT2D eigenvalue weighted by Gasteiger charge is -2.20. The largest absolute Gasteiger partial charge is 0.271 e. The Labute approximate surface area is 118 Å². The van der Waals surface area contributed by atoms with Crippen LogP contribution in [0.4, 0.5) is 0 Å². The Balaban J connectivity index is 2.46. The van der Waals surface area contributed by atoms with E-state index in [-0.39, 0.29) is 6.04 Å². The zero-order valence-corrected chi connectivity index (χ0v) is 11.9. The van der Waals surface area contributed by atoms with Crippen LogP contribution in [0.3, 0.4) is 0 Å². The van der Waals surface area contributed by atoms with Crippen LogP contribution in [-0.2, 0) is 6.42 Å². The van der Waals surface area contributed by atoms with Gasteiger partial charge in [0, 0.05) is 17.4 Å². The quantitative estimate of drug-likeness (QED) is 0.666. The molecule has 0 fully saturated rings. The summed E-state index contributed by atoms with van der Waals surface area (Å²) in [6.07, 6.45) is 4.59. The minimum Gasteiger partial charge on any atom is -0.271 e. The molecule has 0 radical (unpaired) electrons. The van der Waals surface area contributed by atoms with Crippen LogP contribution in [0.1, 0.15) is 35.2 Å². The first-order valence-corrected chi connectivity index (χ1v) is 6.70. The van der Waals surface area contributed by atoms with Crippen molar-refractivity contribution in [1.29, 1.82) is 0 Å². The molecule has 19 heavy (non-hydrogen) atoms. The van der Waals surface area contributed by atoms with Crippen molar-refractivity contribution in [2.75, 3.05) is 0 Å². The van der Waals surface area contributed by atoms with E-state index in [2.05, 4.69) is 17.3 Å². The summed E-state index contributed by atoms with van der Waals surface area (Å²) in [5.41, 5.74) is 7.31. The van der Waals surface area contributed by atoms with Crippen LogP contribution in [0, 0.1) is 6.92 Å². The van der Waals surface area contributed by atoms with Crippen molar-refractivity contribution in [1.82, 2.24) is 10.4 Å². The highest BCUT2D eigenvalue weighted by atomic mass is 35.5. The molecule has 1 atom stereocenters. The Kier molecular flexibility index (Phi) is 4.53. The summed E-state index contributed by atoms with van der Waals surface area (Å²) in [6.45, 7) is 4.09. The summed E-state index contributed by atoms with van der Waals surface area (Å²) in [5.74, 6) is 5.74. The topological polar surface area (TPSA) is 50.9 Å². The molecule has 4 heteroatoms. The third-order valence-corrected chi connectivity index (χ3v) is 3.74. The Morgan fingerprint density at radius 1 is 1.37 bits per heavy atom. The van der Waals surface area contributed by atoms with Crippen molar-refractivity contribution < 1.29 is 0 Å². The minimum absolute atomic E-state index is 0.0731. The molecule has 1 aromatic heterocycles. The van der Waals surface area contributed by atoms with E-state index in [1.54, 1.807) is 6.20 Å². The second-order valence-corrected chi connectivity index (χ2v) is 4.94. The lowest BCUT2D eigenvalue weighted by atomic mass is 9.95. The molecule has 0 saturated carbocycles. The minimum atomic E-state index is -0.0731. The molecule has 1 heterocycles. The van der Waals surface area contributed by atoms with Gasteiger partial charge in [-0.1, -0.05) is 30.7 Å². The average Bonchev–Trinajstić information content (AvgIpc) is 2.44. The number of hydrazine groups is 1. The average molecular weight is 276 g/mol. The second kappa shape index (κ2) is 6.15. The fourth-order valence-electron chi connectivity index (χ4n) is 2.17. The van der Waals surface area contributed by atoms with E-state index in [1.807, 2.05) is 37.4 Å². The Morgan fingerprint density at radius 3 is 2.79 bits per heavy atom. The number of benzene rings is 1. The highest BCUT2D eigenvalue weighted by Crippen LogP contribution is 2.27. The van der Waals surface area contributed by atoms with Crippen LogP contribution in [-0.4, -0.2) is 4.98 Å². The summed E-state index contributed by atoms with van der Waals surface area (Å²) in [7, 11) is 0. The standard InChI is InChI=1S/C15H18ClN3/c1-3-11-9-18-7-6-13(11)15(19-17)12-5-4-10(2)14(16)8-12/h4-9,15,19H,3,17H2,1-2H3. The molecular formula is C15H18ClN3. The molecule has 0 saturated heterocycles. The van der Waals surface area contributed by atoms with Crippen LogP contribution in [0.2, 0.25) is 5.02 Å². The van der Waals surface area contributed by atoms with Crippen molar-refractivity contribution in [2.24, 2.45) is 5.84 Å². The predicted molar refractivity (Wildman–Crippen MR) is 79.0 cm³/mol. The number of nitrogens with zero attached hydrogens (tertiary/aromatic N) is 1. The number of hydrogen-bond donors (Lipinski definition) is 2. The fraction of sp³-hybridized carbons (Fsp3) is 0.267.